The van der Waals surface area contributed by atoms with Gasteiger partial charge in [-0.2, -0.15) is 0 Å². The second kappa shape index (κ2) is 7.70. The van der Waals surface area contributed by atoms with E-state index in [1.807, 2.05) is 0 Å². The molecule has 3 unspecified atom stereocenters. The molecule has 2 aliphatic carbocycles. The first-order valence-electron chi connectivity index (χ1n) is 9.77. The number of rotatable bonds is 6. The van der Waals surface area contributed by atoms with Gasteiger partial charge in [-0.3, -0.25) is 0 Å². The van der Waals surface area contributed by atoms with E-state index in [9.17, 15) is 18.0 Å². The van der Waals surface area contributed by atoms with Gasteiger partial charge in [-0.1, -0.05) is 24.8 Å². The summed E-state index contributed by atoms with van der Waals surface area (Å²) < 4.78 is 54.3. The van der Waals surface area contributed by atoms with Gasteiger partial charge in [-0.05, 0) is 68.0 Å². The second-order valence-corrected chi connectivity index (χ2v) is 7.75. The molecule has 0 heterocycles. The van der Waals surface area contributed by atoms with Crippen LogP contribution in [0, 0.1) is 11.8 Å². The minimum Gasteiger partial charge on any atom is -0.479 e. The smallest absolute Gasteiger partial charge is 0.479 e. The Morgan fingerprint density at radius 1 is 1.10 bits per heavy atom. The van der Waals surface area contributed by atoms with Crippen LogP contribution in [0.4, 0.5) is 13.2 Å². The molecule has 0 radical (unpaired) electrons. The highest BCUT2D eigenvalue weighted by molar-refractivity contribution is 5.91. The zero-order valence-corrected chi connectivity index (χ0v) is 16.2. The van der Waals surface area contributed by atoms with Gasteiger partial charge in [0.05, 0.1) is 5.56 Å². The molecule has 2 aliphatic rings. The van der Waals surface area contributed by atoms with Crippen LogP contribution in [0.5, 0.6) is 17.2 Å². The van der Waals surface area contributed by atoms with E-state index in [4.69, 9.17) is 9.47 Å². The van der Waals surface area contributed by atoms with Crippen LogP contribution in [-0.2, 0) is 0 Å². The average molecular weight is 418 g/mol. The van der Waals surface area contributed by atoms with Crippen molar-refractivity contribution in [2.45, 2.75) is 37.6 Å². The summed E-state index contributed by atoms with van der Waals surface area (Å²) in [5.41, 5.74) is -0.708. The van der Waals surface area contributed by atoms with Crippen LogP contribution in [0.3, 0.4) is 0 Å². The van der Waals surface area contributed by atoms with Crippen LogP contribution in [0.15, 0.2) is 61.2 Å². The Balaban J connectivity index is 1.64. The molecule has 0 aliphatic heterocycles. The predicted octanol–water partition coefficient (Wildman–Crippen LogP) is 5.93. The van der Waals surface area contributed by atoms with Gasteiger partial charge in [-0.15, -0.1) is 13.2 Å². The summed E-state index contributed by atoms with van der Waals surface area (Å²) in [7, 11) is 0. The molecular formula is C23H21F3O4. The molecule has 2 saturated carbocycles. The normalized spacial score (nSPS) is 25.0. The summed E-state index contributed by atoms with van der Waals surface area (Å²) in [5.74, 6) is -0.378. The summed E-state index contributed by atoms with van der Waals surface area (Å²) in [6.45, 7) is 3.87. The van der Waals surface area contributed by atoms with Gasteiger partial charge in [0.25, 0.3) is 0 Å². The van der Waals surface area contributed by atoms with Crippen molar-refractivity contribution >= 4 is 5.97 Å². The van der Waals surface area contributed by atoms with Gasteiger partial charge in [-0.25, -0.2) is 4.79 Å². The molecule has 2 aromatic carbocycles. The highest BCUT2D eigenvalue weighted by Gasteiger charge is 2.51. The molecule has 4 nitrogen and oxygen atoms in total. The van der Waals surface area contributed by atoms with E-state index >= 15 is 0 Å². The predicted molar refractivity (Wildman–Crippen MR) is 104 cm³/mol. The minimum atomic E-state index is -4.89. The quantitative estimate of drug-likeness (QED) is 0.331. The summed E-state index contributed by atoms with van der Waals surface area (Å²) in [6.07, 6.45) is 0.437. The number of carbonyl (C=O) groups is 1. The Labute approximate surface area is 172 Å². The van der Waals surface area contributed by atoms with Gasteiger partial charge in [0, 0.05) is 5.92 Å². The lowest BCUT2D eigenvalue weighted by molar-refractivity contribution is -0.275. The van der Waals surface area contributed by atoms with E-state index in [0.29, 0.717) is 18.1 Å². The van der Waals surface area contributed by atoms with E-state index in [1.54, 1.807) is 36.4 Å². The van der Waals surface area contributed by atoms with Gasteiger partial charge < -0.3 is 14.2 Å². The van der Waals surface area contributed by atoms with E-state index in [1.165, 1.54) is 12.1 Å². The number of halogens is 3. The number of benzene rings is 2. The molecule has 30 heavy (non-hydrogen) atoms. The van der Waals surface area contributed by atoms with E-state index < -0.39 is 23.7 Å². The summed E-state index contributed by atoms with van der Waals surface area (Å²) in [4.78, 5) is 12.5. The maximum absolute atomic E-state index is 12.9. The lowest BCUT2D eigenvalue weighted by Gasteiger charge is -2.36. The van der Waals surface area contributed by atoms with Crippen LogP contribution >= 0.6 is 0 Å². The molecule has 7 heteroatoms. The summed E-state index contributed by atoms with van der Waals surface area (Å²) in [6, 6.07) is 12.0. The van der Waals surface area contributed by atoms with Crippen molar-refractivity contribution in [1.29, 1.82) is 0 Å². The van der Waals surface area contributed by atoms with Crippen LogP contribution < -0.4 is 14.2 Å². The Morgan fingerprint density at radius 2 is 1.87 bits per heavy atom. The average Bonchev–Trinajstić information content (AvgIpc) is 3.30. The van der Waals surface area contributed by atoms with Crippen molar-refractivity contribution in [3.63, 3.8) is 0 Å². The molecule has 4 rings (SSSR count). The molecule has 0 spiro atoms. The minimum absolute atomic E-state index is 0.0609. The number of para-hydroxylation sites is 1. The third kappa shape index (κ3) is 4.15. The Bertz CT molecular complexity index is 941. The number of hydrogen-bond donors (Lipinski definition) is 0. The number of alkyl halides is 3. The molecule has 158 valence electrons. The molecule has 0 N–H and O–H groups in total. The number of hydrogen-bond acceptors (Lipinski definition) is 4. The lowest BCUT2D eigenvalue weighted by Crippen LogP contribution is -2.39. The standard InChI is InChI=1S/C23H21F3O4/c1-2-22(14-15-8-10-17(22)12-15)29-20-13-16(9-11-19(20)30-23(24,25)26)21(27)28-18-6-4-3-5-7-18/h2-7,9,11,13,15,17H,1,8,10,12,14H2. The number of ether oxygens (including phenoxy) is 3. The number of fused-ring (bicyclic) bond motifs is 2. The molecule has 2 fully saturated rings. The molecule has 2 bridgehead atoms. The molecular weight excluding hydrogens is 397 g/mol. The molecule has 0 amide bonds. The van der Waals surface area contributed by atoms with Crippen molar-refractivity contribution in [3.8, 4) is 17.2 Å². The van der Waals surface area contributed by atoms with Crippen LogP contribution in [0.2, 0.25) is 0 Å². The monoisotopic (exact) mass is 418 g/mol. The SMILES string of the molecule is C=CC1(Oc2cc(C(=O)Oc3ccccc3)ccc2OC(F)(F)F)CC2CCC1C2. The Kier molecular flexibility index (Phi) is 5.22. The van der Waals surface area contributed by atoms with Crippen molar-refractivity contribution in [1.82, 2.24) is 0 Å². The molecule has 2 aromatic rings. The van der Waals surface area contributed by atoms with Crippen molar-refractivity contribution in [2.24, 2.45) is 11.8 Å². The van der Waals surface area contributed by atoms with Crippen LogP contribution in [0.25, 0.3) is 0 Å². The number of carbonyl (C=O) groups excluding carboxylic acids is 1. The third-order valence-corrected chi connectivity index (χ3v) is 5.84. The second-order valence-electron chi connectivity index (χ2n) is 7.75. The van der Waals surface area contributed by atoms with Gasteiger partial charge in [0.1, 0.15) is 11.4 Å². The van der Waals surface area contributed by atoms with E-state index in [0.717, 1.165) is 25.3 Å². The van der Waals surface area contributed by atoms with Gasteiger partial charge in [0.15, 0.2) is 11.5 Å². The van der Waals surface area contributed by atoms with Crippen molar-refractivity contribution < 1.29 is 32.2 Å². The Morgan fingerprint density at radius 3 is 2.47 bits per heavy atom. The van der Waals surface area contributed by atoms with E-state index in [-0.39, 0.29) is 17.2 Å². The van der Waals surface area contributed by atoms with E-state index in [2.05, 4.69) is 11.3 Å². The molecule has 0 aromatic heterocycles. The molecule has 3 atom stereocenters. The summed E-state index contributed by atoms with van der Waals surface area (Å²) >= 11 is 0. The van der Waals surface area contributed by atoms with Crippen LogP contribution in [0.1, 0.15) is 36.0 Å². The van der Waals surface area contributed by atoms with Gasteiger partial charge >= 0.3 is 12.3 Å². The zero-order valence-electron chi connectivity index (χ0n) is 16.2. The largest absolute Gasteiger partial charge is 0.573 e. The van der Waals surface area contributed by atoms with Crippen molar-refractivity contribution in [3.05, 3.63) is 66.7 Å². The maximum atomic E-state index is 12.9. The fourth-order valence-electron chi connectivity index (χ4n) is 4.52. The highest BCUT2D eigenvalue weighted by Crippen LogP contribution is 2.54. The highest BCUT2D eigenvalue weighted by atomic mass is 19.4. The fourth-order valence-corrected chi connectivity index (χ4v) is 4.52. The fraction of sp³-hybridized carbons (Fsp3) is 0.348. The third-order valence-electron chi connectivity index (χ3n) is 5.84. The first-order valence-corrected chi connectivity index (χ1v) is 9.77. The topological polar surface area (TPSA) is 44.8 Å². The van der Waals surface area contributed by atoms with Crippen molar-refractivity contribution in [2.75, 3.05) is 0 Å². The number of esters is 1. The summed E-state index contributed by atoms with van der Waals surface area (Å²) in [5, 5.41) is 0. The first-order chi connectivity index (χ1) is 14.3. The maximum Gasteiger partial charge on any atom is 0.573 e. The molecule has 0 saturated heterocycles. The van der Waals surface area contributed by atoms with Crippen LogP contribution in [-0.4, -0.2) is 17.9 Å². The lowest BCUT2D eigenvalue weighted by atomic mass is 9.84. The Hall–Kier alpha value is -2.96. The zero-order chi connectivity index (χ0) is 21.4. The first kappa shape index (κ1) is 20.3. The van der Waals surface area contributed by atoms with Gasteiger partial charge in [0.2, 0.25) is 0 Å².